The molecule has 3 aromatic heterocycles. The van der Waals surface area contributed by atoms with Crippen LogP contribution >= 0.6 is 0 Å². The third kappa shape index (κ3) is 2.37. The topological polar surface area (TPSA) is 97.3 Å². The van der Waals surface area contributed by atoms with Crippen LogP contribution in [0.4, 0.5) is 11.8 Å². The summed E-state index contributed by atoms with van der Waals surface area (Å²) in [7, 11) is 3.72. The van der Waals surface area contributed by atoms with E-state index in [2.05, 4.69) is 30.5 Å². The number of nitrogens with zero attached hydrogens (tertiary/aromatic N) is 7. The summed E-state index contributed by atoms with van der Waals surface area (Å²) in [6.07, 6.45) is 1.48. The van der Waals surface area contributed by atoms with Gasteiger partial charge in [0, 0.05) is 25.4 Å². The summed E-state index contributed by atoms with van der Waals surface area (Å²) in [4.78, 5) is 14.5. The lowest BCUT2D eigenvalue weighted by atomic mass is 10.2. The molecule has 0 aromatic carbocycles. The second kappa shape index (κ2) is 5.00. The zero-order valence-corrected chi connectivity index (χ0v) is 12.3. The van der Waals surface area contributed by atoms with Crippen molar-refractivity contribution < 1.29 is 4.52 Å². The predicted molar refractivity (Wildman–Crippen MR) is 76.2 cm³/mol. The summed E-state index contributed by atoms with van der Waals surface area (Å²) >= 11 is 0. The Morgan fingerprint density at radius 1 is 1.29 bits per heavy atom. The maximum atomic E-state index is 5.19. The van der Waals surface area contributed by atoms with E-state index in [4.69, 9.17) is 4.52 Å². The van der Waals surface area contributed by atoms with E-state index in [1.807, 2.05) is 27.9 Å². The molecule has 0 fully saturated rings. The van der Waals surface area contributed by atoms with Gasteiger partial charge in [0.05, 0.1) is 6.54 Å². The summed E-state index contributed by atoms with van der Waals surface area (Å²) in [5, 5.41) is 11.3. The number of rotatable bonds is 4. The summed E-state index contributed by atoms with van der Waals surface area (Å²) in [6, 6.07) is 0. The van der Waals surface area contributed by atoms with Gasteiger partial charge in [-0.1, -0.05) is 0 Å². The van der Waals surface area contributed by atoms with Gasteiger partial charge in [-0.3, -0.25) is 0 Å². The Balaban J connectivity index is 1.87. The van der Waals surface area contributed by atoms with Crippen molar-refractivity contribution in [2.45, 2.75) is 20.4 Å². The molecule has 1 N–H and O–H groups in total. The van der Waals surface area contributed by atoms with E-state index in [-0.39, 0.29) is 0 Å². The second-order valence-corrected chi connectivity index (χ2v) is 4.88. The van der Waals surface area contributed by atoms with E-state index < -0.39 is 0 Å². The molecule has 0 saturated carbocycles. The quantitative estimate of drug-likeness (QED) is 0.753. The number of aryl methyl sites for hydroxylation is 1. The molecule has 0 radical (unpaired) electrons. The first kappa shape index (κ1) is 13.3. The molecule has 0 aliphatic rings. The molecule has 110 valence electrons. The predicted octanol–water partition coefficient (Wildman–Crippen LogP) is 0.802. The van der Waals surface area contributed by atoms with Crippen LogP contribution < -0.4 is 10.2 Å². The molecular formula is C12H16N8O. The fraction of sp³-hybridized carbons (Fsp3) is 0.417. The van der Waals surface area contributed by atoms with Crippen LogP contribution in [-0.4, -0.2) is 43.8 Å². The van der Waals surface area contributed by atoms with Crippen molar-refractivity contribution in [1.82, 2.24) is 29.7 Å². The number of nitrogens with one attached hydrogen (secondary N) is 1. The Labute approximate surface area is 121 Å². The van der Waals surface area contributed by atoms with E-state index >= 15 is 0 Å². The highest BCUT2D eigenvalue weighted by Gasteiger charge is 2.13. The third-order valence-corrected chi connectivity index (χ3v) is 3.17. The first-order valence-electron chi connectivity index (χ1n) is 6.47. The maximum Gasteiger partial charge on any atom is 0.265 e. The van der Waals surface area contributed by atoms with Crippen molar-refractivity contribution in [3.63, 3.8) is 0 Å². The molecule has 21 heavy (non-hydrogen) atoms. The van der Waals surface area contributed by atoms with Gasteiger partial charge < -0.3 is 14.7 Å². The van der Waals surface area contributed by atoms with Crippen molar-refractivity contribution in [3.05, 3.63) is 23.5 Å². The Morgan fingerprint density at radius 3 is 2.81 bits per heavy atom. The summed E-state index contributed by atoms with van der Waals surface area (Å²) in [6.45, 7) is 4.32. The highest BCUT2D eigenvalue weighted by molar-refractivity contribution is 5.51. The Bertz CT molecular complexity index is 775. The Morgan fingerprint density at radius 2 is 2.10 bits per heavy atom. The monoisotopic (exact) mass is 288 g/mol. The molecule has 0 atom stereocenters. The van der Waals surface area contributed by atoms with E-state index in [0.717, 1.165) is 17.1 Å². The van der Waals surface area contributed by atoms with Crippen LogP contribution in [0.15, 0.2) is 10.9 Å². The second-order valence-electron chi connectivity index (χ2n) is 4.88. The smallest absolute Gasteiger partial charge is 0.265 e. The third-order valence-electron chi connectivity index (χ3n) is 3.17. The molecule has 9 nitrogen and oxygen atoms in total. The molecule has 9 heteroatoms. The molecule has 3 heterocycles. The number of hydrogen-bond donors (Lipinski definition) is 1. The minimum atomic E-state index is 0.403. The van der Waals surface area contributed by atoms with E-state index in [9.17, 15) is 0 Å². The van der Waals surface area contributed by atoms with Crippen LogP contribution in [0.5, 0.6) is 0 Å². The first-order chi connectivity index (χ1) is 10.1. The van der Waals surface area contributed by atoms with Crippen LogP contribution in [-0.2, 0) is 6.54 Å². The van der Waals surface area contributed by atoms with Gasteiger partial charge in [0.1, 0.15) is 12.1 Å². The average molecular weight is 288 g/mol. The minimum absolute atomic E-state index is 0.403. The maximum absolute atomic E-state index is 5.19. The van der Waals surface area contributed by atoms with Gasteiger partial charge >= 0.3 is 0 Å². The molecular weight excluding hydrogens is 272 g/mol. The van der Waals surface area contributed by atoms with E-state index in [1.165, 1.54) is 6.33 Å². The summed E-state index contributed by atoms with van der Waals surface area (Å²) in [5.74, 6) is 2.42. The lowest BCUT2D eigenvalue weighted by molar-refractivity contribution is 0.383. The lowest BCUT2D eigenvalue weighted by Crippen LogP contribution is -2.11. The molecule has 0 amide bonds. The van der Waals surface area contributed by atoms with Crippen LogP contribution in [0.25, 0.3) is 5.78 Å². The number of hydrogen-bond acceptors (Lipinski definition) is 8. The van der Waals surface area contributed by atoms with Gasteiger partial charge in [0.15, 0.2) is 0 Å². The fourth-order valence-corrected chi connectivity index (χ4v) is 1.90. The van der Waals surface area contributed by atoms with Crippen molar-refractivity contribution in [3.8, 4) is 0 Å². The van der Waals surface area contributed by atoms with Crippen molar-refractivity contribution >= 4 is 17.5 Å². The highest BCUT2D eigenvalue weighted by Crippen LogP contribution is 2.18. The molecule has 0 unspecified atom stereocenters. The summed E-state index contributed by atoms with van der Waals surface area (Å²) < 4.78 is 6.84. The number of aromatic nitrogens is 6. The zero-order chi connectivity index (χ0) is 15.0. The van der Waals surface area contributed by atoms with Gasteiger partial charge in [-0.15, -0.1) is 0 Å². The van der Waals surface area contributed by atoms with Crippen molar-refractivity contribution in [1.29, 1.82) is 0 Å². The standard InChI is InChI=1S/C12H16N8O/c1-7-8(2)16-11-14-6-15-20(11)10(7)13-5-9-17-12(18-21-9)19(3)4/h6,13H,5H2,1-4H3. The van der Waals surface area contributed by atoms with Crippen LogP contribution in [0.1, 0.15) is 17.1 Å². The zero-order valence-electron chi connectivity index (χ0n) is 12.3. The lowest BCUT2D eigenvalue weighted by Gasteiger charge is -2.10. The van der Waals surface area contributed by atoms with Gasteiger partial charge in [-0.25, -0.2) is 4.98 Å². The number of anilines is 2. The Hall–Kier alpha value is -2.71. The van der Waals surface area contributed by atoms with Gasteiger partial charge in [-0.05, 0) is 19.0 Å². The van der Waals surface area contributed by atoms with Gasteiger partial charge in [0.2, 0.25) is 5.89 Å². The van der Waals surface area contributed by atoms with Crippen molar-refractivity contribution in [2.24, 2.45) is 0 Å². The fourth-order valence-electron chi connectivity index (χ4n) is 1.90. The largest absolute Gasteiger partial charge is 0.361 e. The molecule has 3 rings (SSSR count). The van der Waals surface area contributed by atoms with Crippen molar-refractivity contribution in [2.75, 3.05) is 24.3 Å². The summed E-state index contributed by atoms with van der Waals surface area (Å²) in [5.41, 5.74) is 1.90. The van der Waals surface area contributed by atoms with Crippen LogP contribution in [0, 0.1) is 13.8 Å². The molecule has 3 aromatic rings. The Kier molecular flexibility index (Phi) is 3.16. The first-order valence-corrected chi connectivity index (χ1v) is 6.47. The van der Waals surface area contributed by atoms with E-state index in [1.54, 1.807) is 9.42 Å². The highest BCUT2D eigenvalue weighted by atomic mass is 16.5. The minimum Gasteiger partial charge on any atom is -0.361 e. The van der Waals surface area contributed by atoms with E-state index in [0.29, 0.717) is 24.2 Å². The average Bonchev–Trinajstić information content (AvgIpc) is 3.08. The SMILES string of the molecule is Cc1nc2ncnn2c(NCc2nc(N(C)C)no2)c1C. The van der Waals surface area contributed by atoms with Gasteiger partial charge in [-0.2, -0.15) is 19.6 Å². The molecule has 0 saturated heterocycles. The molecule has 0 aliphatic carbocycles. The molecule has 0 bridgehead atoms. The van der Waals surface area contributed by atoms with Crippen LogP contribution in [0.2, 0.25) is 0 Å². The normalized spacial score (nSPS) is 11.0. The number of fused-ring (bicyclic) bond motifs is 1. The molecule has 0 aliphatic heterocycles. The van der Waals surface area contributed by atoms with Gasteiger partial charge in [0.25, 0.3) is 11.7 Å². The molecule has 0 spiro atoms. The van der Waals surface area contributed by atoms with Crippen LogP contribution in [0.3, 0.4) is 0 Å².